The van der Waals surface area contributed by atoms with Crippen molar-refractivity contribution in [3.8, 4) is 5.75 Å². The number of benzene rings is 2. The number of hydrogen-bond acceptors (Lipinski definition) is 6. The van der Waals surface area contributed by atoms with Crippen LogP contribution in [0.4, 0.5) is 11.4 Å². The lowest BCUT2D eigenvalue weighted by molar-refractivity contribution is -0.145. The molecule has 0 radical (unpaired) electrons. The molecule has 3 aliphatic rings. The second kappa shape index (κ2) is 12.6. The summed E-state index contributed by atoms with van der Waals surface area (Å²) in [5.41, 5.74) is -0.798. The summed E-state index contributed by atoms with van der Waals surface area (Å²) in [5.74, 6) is -1.83. The van der Waals surface area contributed by atoms with Crippen LogP contribution in [0.15, 0.2) is 79.9 Å². The number of carbonyl (C=O) groups is 3. The van der Waals surface area contributed by atoms with Gasteiger partial charge < -0.3 is 29.3 Å². The van der Waals surface area contributed by atoms with Gasteiger partial charge in [0.25, 0.3) is 5.91 Å². The van der Waals surface area contributed by atoms with Crippen molar-refractivity contribution in [3.05, 3.63) is 79.9 Å². The number of aliphatic hydroxyl groups excluding tert-OH is 1. The SMILES string of the molecule is C=CCN(C(=O)C1N(CCCCO)C(=O)[C@@H]2[C@@H](C(=O)N(CC=C)c3ccccc3)[C@]3(C)OC12CC3C)c1ccc(OC)cc1. The molecular formula is C35H43N3O6. The molecule has 5 rings (SSSR count). The fourth-order valence-corrected chi connectivity index (χ4v) is 7.62. The van der Waals surface area contributed by atoms with Crippen LogP contribution in [0.1, 0.15) is 33.1 Å². The minimum absolute atomic E-state index is 0.0239. The number of ether oxygens (including phenoxy) is 2. The Morgan fingerprint density at radius 2 is 1.64 bits per heavy atom. The van der Waals surface area contributed by atoms with E-state index in [-0.39, 0.29) is 49.9 Å². The third kappa shape index (κ3) is 5.02. The average Bonchev–Trinajstić information content (AvgIpc) is 3.55. The maximum Gasteiger partial charge on any atom is 0.253 e. The largest absolute Gasteiger partial charge is 0.497 e. The second-order valence-corrected chi connectivity index (χ2v) is 12.2. The van der Waals surface area contributed by atoms with E-state index in [1.165, 1.54) is 0 Å². The Labute approximate surface area is 259 Å². The van der Waals surface area contributed by atoms with Gasteiger partial charge in [-0.1, -0.05) is 37.3 Å². The fourth-order valence-electron chi connectivity index (χ4n) is 7.62. The van der Waals surface area contributed by atoms with Gasteiger partial charge in [0.1, 0.15) is 17.4 Å². The van der Waals surface area contributed by atoms with Crippen molar-refractivity contribution in [1.29, 1.82) is 0 Å². The van der Waals surface area contributed by atoms with Crippen LogP contribution in [-0.2, 0) is 19.1 Å². The van der Waals surface area contributed by atoms with E-state index in [1.807, 2.05) is 44.2 Å². The molecule has 3 unspecified atom stereocenters. The van der Waals surface area contributed by atoms with Gasteiger partial charge in [0.15, 0.2) is 0 Å². The van der Waals surface area contributed by atoms with E-state index in [2.05, 4.69) is 13.2 Å². The lowest BCUT2D eigenvalue weighted by Gasteiger charge is -2.39. The lowest BCUT2D eigenvalue weighted by Crippen LogP contribution is -2.57. The first-order valence-electron chi connectivity index (χ1n) is 15.3. The van der Waals surface area contributed by atoms with Crippen molar-refractivity contribution >= 4 is 29.1 Å². The molecular weight excluding hydrogens is 558 g/mol. The molecule has 44 heavy (non-hydrogen) atoms. The van der Waals surface area contributed by atoms with E-state index in [0.717, 1.165) is 0 Å². The molecule has 3 saturated heterocycles. The summed E-state index contributed by atoms with van der Waals surface area (Å²) >= 11 is 0. The Morgan fingerprint density at radius 1 is 1.02 bits per heavy atom. The van der Waals surface area contributed by atoms with Gasteiger partial charge in [0, 0.05) is 37.6 Å². The van der Waals surface area contributed by atoms with E-state index in [4.69, 9.17) is 9.47 Å². The van der Waals surface area contributed by atoms with Crippen molar-refractivity contribution in [2.24, 2.45) is 17.8 Å². The first-order chi connectivity index (χ1) is 21.2. The van der Waals surface area contributed by atoms with Crippen LogP contribution in [0.3, 0.4) is 0 Å². The van der Waals surface area contributed by atoms with E-state index in [9.17, 15) is 19.5 Å². The lowest BCUT2D eigenvalue weighted by atomic mass is 9.62. The van der Waals surface area contributed by atoms with Gasteiger partial charge in [0.2, 0.25) is 11.8 Å². The second-order valence-electron chi connectivity index (χ2n) is 12.2. The average molecular weight is 602 g/mol. The molecule has 2 bridgehead atoms. The Bertz CT molecular complexity index is 1400. The molecule has 9 heteroatoms. The van der Waals surface area contributed by atoms with Gasteiger partial charge in [-0.05, 0) is 68.5 Å². The topological polar surface area (TPSA) is 99.6 Å². The maximum atomic E-state index is 14.8. The molecule has 234 valence electrons. The normalized spacial score (nSPS) is 28.5. The zero-order chi connectivity index (χ0) is 31.6. The molecule has 3 amide bonds. The minimum atomic E-state index is -1.19. The zero-order valence-electron chi connectivity index (χ0n) is 25.9. The highest BCUT2D eigenvalue weighted by Crippen LogP contribution is 2.65. The van der Waals surface area contributed by atoms with E-state index in [0.29, 0.717) is 36.4 Å². The number of amides is 3. The van der Waals surface area contributed by atoms with Gasteiger partial charge in [-0.3, -0.25) is 14.4 Å². The van der Waals surface area contributed by atoms with Gasteiger partial charge in [0.05, 0.1) is 24.5 Å². The molecule has 2 aromatic carbocycles. The van der Waals surface area contributed by atoms with Crippen LogP contribution >= 0.6 is 0 Å². The Kier molecular flexibility index (Phi) is 9.00. The molecule has 6 atom stereocenters. The zero-order valence-corrected chi connectivity index (χ0v) is 25.9. The predicted molar refractivity (Wildman–Crippen MR) is 169 cm³/mol. The van der Waals surface area contributed by atoms with Crippen LogP contribution in [0.5, 0.6) is 5.75 Å². The molecule has 1 spiro atoms. The van der Waals surface area contributed by atoms with Crippen molar-refractivity contribution in [2.45, 2.75) is 50.4 Å². The third-order valence-electron chi connectivity index (χ3n) is 9.73. The number of unbranched alkanes of at least 4 members (excludes halogenated alkanes) is 1. The molecule has 2 aromatic rings. The molecule has 0 aliphatic carbocycles. The molecule has 3 aliphatic heterocycles. The fraction of sp³-hybridized carbons (Fsp3) is 0.457. The number of rotatable bonds is 13. The van der Waals surface area contributed by atoms with Gasteiger partial charge in [-0.2, -0.15) is 0 Å². The van der Waals surface area contributed by atoms with Crippen molar-refractivity contribution in [3.63, 3.8) is 0 Å². The molecule has 9 nitrogen and oxygen atoms in total. The van der Waals surface area contributed by atoms with E-state index >= 15 is 0 Å². The first kappa shape index (κ1) is 31.5. The summed E-state index contributed by atoms with van der Waals surface area (Å²) in [4.78, 5) is 48.8. The highest BCUT2D eigenvalue weighted by atomic mass is 16.5. The van der Waals surface area contributed by atoms with Crippen LogP contribution in [-0.4, -0.2) is 78.3 Å². The third-order valence-corrected chi connectivity index (χ3v) is 9.73. The highest BCUT2D eigenvalue weighted by Gasteiger charge is 2.80. The Balaban J connectivity index is 1.60. The monoisotopic (exact) mass is 601 g/mol. The van der Waals surface area contributed by atoms with Crippen molar-refractivity contribution in [1.82, 2.24) is 4.90 Å². The van der Waals surface area contributed by atoms with E-state index < -0.39 is 29.1 Å². The van der Waals surface area contributed by atoms with Gasteiger partial charge >= 0.3 is 0 Å². The minimum Gasteiger partial charge on any atom is -0.497 e. The van der Waals surface area contributed by atoms with Gasteiger partial charge in [-0.25, -0.2) is 0 Å². The van der Waals surface area contributed by atoms with Crippen molar-refractivity contribution in [2.75, 3.05) is 43.2 Å². The number of aliphatic hydroxyl groups is 1. The van der Waals surface area contributed by atoms with Crippen LogP contribution in [0.2, 0.25) is 0 Å². The predicted octanol–water partition coefficient (Wildman–Crippen LogP) is 4.22. The number of anilines is 2. The summed E-state index contributed by atoms with van der Waals surface area (Å²) in [7, 11) is 1.58. The number of methoxy groups -OCH3 is 1. The smallest absolute Gasteiger partial charge is 0.253 e. The summed E-state index contributed by atoms with van der Waals surface area (Å²) in [6.07, 6.45) is 4.79. The molecule has 1 N–H and O–H groups in total. The summed E-state index contributed by atoms with van der Waals surface area (Å²) in [6, 6.07) is 15.6. The molecule has 3 fully saturated rings. The number of hydrogen-bond donors (Lipinski definition) is 1. The molecule has 0 saturated carbocycles. The highest BCUT2D eigenvalue weighted by molar-refractivity contribution is 6.07. The first-order valence-corrected chi connectivity index (χ1v) is 15.3. The van der Waals surface area contributed by atoms with Gasteiger partial charge in [-0.15, -0.1) is 13.2 Å². The summed E-state index contributed by atoms with van der Waals surface area (Å²) in [6.45, 7) is 12.4. The molecule has 0 aromatic heterocycles. The summed E-state index contributed by atoms with van der Waals surface area (Å²) < 4.78 is 12.3. The standard InChI is InChI=1S/C35H43N3O6/c1-6-19-36(25-13-9-8-10-14-25)31(40)28-29-32(41)38(21-11-12-22-39)30(35(29)23-24(3)34(28,4)44-35)33(42)37(20-7-2)26-15-17-27(43-5)18-16-26/h6-10,13-18,24,28-30,39H,1-2,11-12,19-23H2,3-5H3/t24?,28-,29-,30?,34+,35?/m0/s1. The Morgan fingerprint density at radius 3 is 2.23 bits per heavy atom. The number of carbonyl (C=O) groups excluding carboxylic acids is 3. The Hall–Kier alpha value is -3.95. The quantitative estimate of drug-likeness (QED) is 0.273. The number of nitrogens with zero attached hydrogens (tertiary/aromatic N) is 3. The molecule has 3 heterocycles. The van der Waals surface area contributed by atoms with Crippen LogP contribution in [0.25, 0.3) is 0 Å². The van der Waals surface area contributed by atoms with Crippen LogP contribution in [0, 0.1) is 17.8 Å². The maximum absolute atomic E-state index is 14.8. The van der Waals surface area contributed by atoms with Crippen LogP contribution < -0.4 is 14.5 Å². The van der Waals surface area contributed by atoms with Crippen molar-refractivity contribution < 1.29 is 29.0 Å². The number of fused-ring (bicyclic) bond motifs is 1. The summed E-state index contributed by atoms with van der Waals surface area (Å²) in [5, 5.41) is 9.52. The van der Waals surface area contributed by atoms with E-state index in [1.54, 1.807) is 58.2 Å². The number of para-hydroxylation sites is 1. The number of likely N-dealkylation sites (tertiary alicyclic amines) is 1.